The Morgan fingerprint density at radius 2 is 1.75 bits per heavy atom. The summed E-state index contributed by atoms with van der Waals surface area (Å²) in [6, 6.07) is 16.2. The predicted octanol–water partition coefficient (Wildman–Crippen LogP) is 5.64. The van der Waals surface area contributed by atoms with Gasteiger partial charge in [-0.25, -0.2) is 4.39 Å². The molecular formula is C30H33FN2O3. The van der Waals surface area contributed by atoms with Gasteiger partial charge in [-0.15, -0.1) is 0 Å². The number of Topliss-reactive ketones (excluding diaryl/α,β-unsaturated/α-hetero) is 1. The summed E-state index contributed by atoms with van der Waals surface area (Å²) >= 11 is 0. The van der Waals surface area contributed by atoms with E-state index in [1.54, 1.807) is 12.1 Å². The predicted molar refractivity (Wildman–Crippen MR) is 143 cm³/mol. The molecule has 0 fully saturated rings. The van der Waals surface area contributed by atoms with Crippen LogP contribution in [0.4, 0.5) is 4.39 Å². The number of aliphatic hydroxyl groups excluding tert-OH is 1. The number of carbonyl (C=O) groups excluding carboxylic acids is 2. The number of nitrogens with zero attached hydrogens (tertiary/aromatic N) is 1. The zero-order valence-electron chi connectivity index (χ0n) is 21.0. The third kappa shape index (κ3) is 6.46. The van der Waals surface area contributed by atoms with Gasteiger partial charge in [0.2, 0.25) is 0 Å². The normalized spacial score (nSPS) is 12.9. The Morgan fingerprint density at radius 3 is 2.36 bits per heavy atom. The summed E-state index contributed by atoms with van der Waals surface area (Å²) in [5.41, 5.74) is 5.89. The highest BCUT2D eigenvalue weighted by Gasteiger charge is 2.24. The summed E-state index contributed by atoms with van der Waals surface area (Å²) in [5.74, 6) is -0.355. The average molecular weight is 489 g/mol. The van der Waals surface area contributed by atoms with E-state index in [2.05, 4.69) is 11.9 Å². The number of hydrogen-bond donors (Lipinski definition) is 2. The van der Waals surface area contributed by atoms with E-state index in [1.165, 1.54) is 19.1 Å². The Bertz CT molecular complexity index is 1240. The summed E-state index contributed by atoms with van der Waals surface area (Å²) in [5, 5.41) is 13.3. The molecule has 6 heteroatoms. The maximum atomic E-state index is 13.8. The fraction of sp³-hybridized carbons (Fsp3) is 0.267. The molecule has 2 atom stereocenters. The first-order valence-corrected chi connectivity index (χ1v) is 12.0. The molecule has 188 valence electrons. The average Bonchev–Trinajstić information content (AvgIpc) is 3.13. The highest BCUT2D eigenvalue weighted by atomic mass is 19.1. The molecule has 0 bridgehead atoms. The van der Waals surface area contributed by atoms with Crippen molar-refractivity contribution in [3.05, 3.63) is 84.5 Å². The van der Waals surface area contributed by atoms with Crippen LogP contribution in [0.2, 0.25) is 0 Å². The van der Waals surface area contributed by atoms with Crippen LogP contribution in [0.5, 0.6) is 0 Å². The Hall–Kier alpha value is -3.77. The molecule has 2 unspecified atom stereocenters. The Labute approximate surface area is 212 Å². The minimum atomic E-state index is -0.699. The molecule has 2 aromatic carbocycles. The molecule has 0 spiro atoms. The molecule has 0 amide bonds. The zero-order chi connectivity index (χ0) is 26.2. The second-order valence-corrected chi connectivity index (χ2v) is 9.07. The molecule has 2 N–H and O–H groups in total. The van der Waals surface area contributed by atoms with Crippen LogP contribution in [0.15, 0.2) is 67.3 Å². The quantitative estimate of drug-likeness (QED) is 0.324. The number of carbonyl (C=O) groups is 2. The van der Waals surface area contributed by atoms with Crippen LogP contribution >= 0.6 is 0 Å². The van der Waals surface area contributed by atoms with E-state index in [0.29, 0.717) is 12.1 Å². The molecule has 0 saturated carbocycles. The molecule has 36 heavy (non-hydrogen) atoms. The van der Waals surface area contributed by atoms with E-state index in [4.69, 9.17) is 0 Å². The second-order valence-electron chi connectivity index (χ2n) is 9.07. The molecule has 0 aliphatic carbocycles. The van der Waals surface area contributed by atoms with E-state index in [-0.39, 0.29) is 30.5 Å². The van der Waals surface area contributed by atoms with E-state index in [0.717, 1.165) is 39.9 Å². The van der Waals surface area contributed by atoms with E-state index < -0.39 is 6.10 Å². The van der Waals surface area contributed by atoms with Crippen molar-refractivity contribution in [1.82, 2.24) is 9.88 Å². The molecular weight excluding hydrogens is 455 g/mol. The number of allylic oxidation sites excluding steroid dienone is 1. The number of aromatic nitrogens is 1. The molecule has 5 nitrogen and oxygen atoms in total. The van der Waals surface area contributed by atoms with Crippen molar-refractivity contribution in [3.8, 4) is 22.3 Å². The first-order chi connectivity index (χ1) is 17.2. The van der Waals surface area contributed by atoms with Crippen molar-refractivity contribution in [1.29, 1.82) is 0 Å². The van der Waals surface area contributed by atoms with Gasteiger partial charge in [0.1, 0.15) is 17.9 Å². The van der Waals surface area contributed by atoms with Gasteiger partial charge in [-0.2, -0.15) is 0 Å². The van der Waals surface area contributed by atoms with Gasteiger partial charge >= 0.3 is 0 Å². The van der Waals surface area contributed by atoms with Crippen LogP contribution in [0.3, 0.4) is 0 Å². The smallest absolute Gasteiger partial charge is 0.139 e. The van der Waals surface area contributed by atoms with Crippen LogP contribution < -0.4 is 5.32 Å². The number of aldehydes is 1. The lowest BCUT2D eigenvalue weighted by Gasteiger charge is -2.13. The number of rotatable bonds is 12. The minimum Gasteiger partial charge on any atom is -0.393 e. The largest absolute Gasteiger partial charge is 0.393 e. The number of halogens is 1. The van der Waals surface area contributed by atoms with Crippen molar-refractivity contribution >= 4 is 23.8 Å². The van der Waals surface area contributed by atoms with Gasteiger partial charge in [-0.1, -0.05) is 62.0 Å². The fourth-order valence-corrected chi connectivity index (χ4v) is 4.47. The number of benzene rings is 2. The summed E-state index contributed by atoms with van der Waals surface area (Å²) < 4.78 is 15.8. The fourth-order valence-electron chi connectivity index (χ4n) is 4.47. The van der Waals surface area contributed by atoms with Gasteiger partial charge in [0, 0.05) is 30.3 Å². The zero-order valence-corrected chi connectivity index (χ0v) is 21.0. The first kappa shape index (κ1) is 26.8. The Morgan fingerprint density at radius 1 is 1.11 bits per heavy atom. The van der Waals surface area contributed by atoms with Crippen LogP contribution in [0.25, 0.3) is 34.0 Å². The SMILES string of the molecule is C=C(NCC=O)c1c(-c2ccccc2)c(-c2ccc(F)cc2)c(/C=C/C(C)CC(O)CC(C)=O)n1C. The lowest BCUT2D eigenvalue weighted by Crippen LogP contribution is -2.16. The highest BCUT2D eigenvalue weighted by Crippen LogP contribution is 2.42. The molecule has 3 rings (SSSR count). The number of ketones is 1. The number of nitrogens with one attached hydrogen (secondary N) is 1. The van der Waals surface area contributed by atoms with Crippen molar-refractivity contribution in [3.63, 3.8) is 0 Å². The molecule has 0 saturated heterocycles. The molecule has 1 aromatic heterocycles. The van der Waals surface area contributed by atoms with Gasteiger partial charge in [0.05, 0.1) is 24.0 Å². The number of hydrogen-bond acceptors (Lipinski definition) is 4. The molecule has 0 aliphatic heterocycles. The van der Waals surface area contributed by atoms with Crippen LogP contribution in [0.1, 0.15) is 38.1 Å². The number of aliphatic hydroxyl groups is 1. The first-order valence-electron chi connectivity index (χ1n) is 12.0. The topological polar surface area (TPSA) is 71.3 Å². The minimum absolute atomic E-state index is 0.00957. The van der Waals surface area contributed by atoms with Gasteiger partial charge in [0.25, 0.3) is 0 Å². The standard InChI is InChI=1S/C30H33FN2O3/c1-20(18-26(36)19-21(2)35)10-15-27-28(24-11-13-25(31)14-12-24)29(23-8-6-5-7-9-23)30(33(27)4)22(3)32-16-17-34/h5-15,17,20,26,32,36H,3,16,18-19H2,1-2,4H3/b15-10+. The molecule has 3 aromatic rings. The van der Waals surface area contributed by atoms with Crippen molar-refractivity contribution in [2.24, 2.45) is 13.0 Å². The van der Waals surface area contributed by atoms with Crippen molar-refractivity contribution in [2.45, 2.75) is 32.8 Å². The van der Waals surface area contributed by atoms with Crippen LogP contribution in [-0.4, -0.2) is 34.4 Å². The Kier molecular flexibility index (Phi) is 9.14. The van der Waals surface area contributed by atoms with Gasteiger partial charge in [0.15, 0.2) is 0 Å². The van der Waals surface area contributed by atoms with Crippen LogP contribution in [-0.2, 0) is 16.6 Å². The molecule has 0 radical (unpaired) electrons. The summed E-state index contributed by atoms with van der Waals surface area (Å²) in [4.78, 5) is 22.4. The maximum absolute atomic E-state index is 13.8. The third-order valence-electron chi connectivity index (χ3n) is 6.07. The summed E-state index contributed by atoms with van der Waals surface area (Å²) in [7, 11) is 1.93. The van der Waals surface area contributed by atoms with Crippen molar-refractivity contribution in [2.75, 3.05) is 6.54 Å². The lowest BCUT2D eigenvalue weighted by atomic mass is 9.93. The highest BCUT2D eigenvalue weighted by molar-refractivity contribution is 5.96. The van der Waals surface area contributed by atoms with Crippen molar-refractivity contribution < 1.29 is 19.1 Å². The van der Waals surface area contributed by atoms with Gasteiger partial charge in [-0.3, -0.25) is 4.79 Å². The van der Waals surface area contributed by atoms with E-state index in [9.17, 15) is 19.1 Å². The second kappa shape index (κ2) is 12.3. The lowest BCUT2D eigenvalue weighted by molar-refractivity contribution is -0.119. The van der Waals surface area contributed by atoms with Gasteiger partial charge < -0.3 is 19.8 Å². The van der Waals surface area contributed by atoms with E-state index >= 15 is 0 Å². The third-order valence-corrected chi connectivity index (χ3v) is 6.07. The molecule has 0 aliphatic rings. The maximum Gasteiger partial charge on any atom is 0.139 e. The molecule has 1 heterocycles. The Balaban J connectivity index is 2.19. The summed E-state index contributed by atoms with van der Waals surface area (Å²) in [6.45, 7) is 7.78. The monoisotopic (exact) mass is 488 g/mol. The van der Waals surface area contributed by atoms with Gasteiger partial charge in [-0.05, 0) is 48.6 Å². The van der Waals surface area contributed by atoms with Crippen LogP contribution in [0, 0.1) is 11.7 Å². The van der Waals surface area contributed by atoms with E-state index in [1.807, 2.05) is 61.0 Å². The summed E-state index contributed by atoms with van der Waals surface area (Å²) in [6.07, 6.45) is 4.67.